The van der Waals surface area contributed by atoms with Crippen LogP contribution in [0.2, 0.25) is 0 Å². The van der Waals surface area contributed by atoms with Gasteiger partial charge in [0.25, 0.3) is 5.91 Å². The molecular weight excluding hydrogens is 370 g/mol. The molecule has 0 atom stereocenters. The number of rotatable bonds is 7. The van der Waals surface area contributed by atoms with Crippen LogP contribution < -0.4 is 10.7 Å². The summed E-state index contributed by atoms with van der Waals surface area (Å²) < 4.78 is 25.9. The van der Waals surface area contributed by atoms with Gasteiger partial charge in [-0.15, -0.1) is 0 Å². The second-order valence-electron chi connectivity index (χ2n) is 5.54. The van der Waals surface area contributed by atoms with Gasteiger partial charge in [-0.1, -0.05) is 0 Å². The zero-order chi connectivity index (χ0) is 19.9. The summed E-state index contributed by atoms with van der Waals surface area (Å²) >= 11 is 0. The molecule has 2 N–H and O–H groups in total. The summed E-state index contributed by atoms with van der Waals surface area (Å²) in [6.45, 7) is 0.956. The van der Waals surface area contributed by atoms with Crippen molar-refractivity contribution in [3.63, 3.8) is 0 Å². The Hall–Kier alpha value is -3.11. The molecule has 0 spiro atoms. The van der Waals surface area contributed by atoms with Crippen LogP contribution in [0, 0.1) is 0 Å². The van der Waals surface area contributed by atoms with Gasteiger partial charge >= 0.3 is 0 Å². The third-order valence-electron chi connectivity index (χ3n) is 3.36. The fourth-order valence-corrected chi connectivity index (χ4v) is 3.17. The van der Waals surface area contributed by atoms with E-state index in [9.17, 15) is 18.0 Å². The van der Waals surface area contributed by atoms with Crippen molar-refractivity contribution in [2.24, 2.45) is 5.10 Å². The van der Waals surface area contributed by atoms with Crippen LogP contribution in [0.25, 0.3) is 0 Å². The minimum Gasteiger partial charge on any atom is -0.326 e. The number of pyridine rings is 1. The highest BCUT2D eigenvalue weighted by Crippen LogP contribution is 2.17. The maximum absolute atomic E-state index is 12.5. The first-order chi connectivity index (χ1) is 12.8. The Morgan fingerprint density at radius 2 is 1.78 bits per heavy atom. The van der Waals surface area contributed by atoms with Gasteiger partial charge < -0.3 is 5.32 Å². The molecule has 0 saturated carbocycles. The molecule has 1 heterocycles. The van der Waals surface area contributed by atoms with E-state index < -0.39 is 22.5 Å². The minimum absolute atomic E-state index is 0.00666. The Bertz CT molecular complexity index is 928. The van der Waals surface area contributed by atoms with Gasteiger partial charge in [0, 0.05) is 32.1 Å². The molecular formula is C17H19N5O4S. The number of aromatic nitrogens is 1. The normalized spacial score (nSPS) is 11.5. The fraction of sp³-hybridized carbons (Fsp3) is 0.176. The summed E-state index contributed by atoms with van der Waals surface area (Å²) in [7, 11) is -2.56. The quantitative estimate of drug-likeness (QED) is 0.536. The van der Waals surface area contributed by atoms with Crippen molar-refractivity contribution in [3.05, 3.63) is 54.4 Å². The number of anilines is 1. The van der Waals surface area contributed by atoms with Crippen molar-refractivity contribution in [1.29, 1.82) is 0 Å². The SMILES string of the molecule is CC(=O)Nc1ccc(S(=O)(=O)N(C)CC(=O)N/N=C\c2ccncc2)cc1. The monoisotopic (exact) mass is 389 g/mol. The van der Waals surface area contributed by atoms with Gasteiger partial charge in [-0.3, -0.25) is 14.6 Å². The van der Waals surface area contributed by atoms with Crippen molar-refractivity contribution in [2.75, 3.05) is 18.9 Å². The van der Waals surface area contributed by atoms with Gasteiger partial charge in [0.2, 0.25) is 15.9 Å². The first kappa shape index (κ1) is 20.2. The molecule has 1 aromatic carbocycles. The van der Waals surface area contributed by atoms with E-state index in [1.807, 2.05) is 0 Å². The molecule has 0 aliphatic heterocycles. The number of hydrogen-bond donors (Lipinski definition) is 2. The number of sulfonamides is 1. The lowest BCUT2D eigenvalue weighted by molar-refractivity contribution is -0.121. The number of benzene rings is 1. The van der Waals surface area contributed by atoms with Gasteiger partial charge in [-0.25, -0.2) is 13.8 Å². The number of carbonyl (C=O) groups excluding carboxylic acids is 2. The molecule has 0 radical (unpaired) electrons. The summed E-state index contributed by atoms with van der Waals surface area (Å²) in [6, 6.07) is 9.07. The lowest BCUT2D eigenvalue weighted by Gasteiger charge is -2.16. The van der Waals surface area contributed by atoms with E-state index in [2.05, 4.69) is 20.8 Å². The Balaban J connectivity index is 1.96. The molecule has 142 valence electrons. The zero-order valence-electron chi connectivity index (χ0n) is 14.8. The number of carbonyl (C=O) groups is 2. The van der Waals surface area contributed by atoms with Crippen LogP contribution in [0.1, 0.15) is 12.5 Å². The number of nitrogens with zero attached hydrogens (tertiary/aromatic N) is 3. The molecule has 0 aliphatic carbocycles. The summed E-state index contributed by atoms with van der Waals surface area (Å²) in [5.41, 5.74) is 3.49. The Morgan fingerprint density at radius 3 is 2.37 bits per heavy atom. The Morgan fingerprint density at radius 1 is 1.15 bits per heavy atom. The van der Waals surface area contributed by atoms with E-state index in [1.165, 1.54) is 44.5 Å². The van der Waals surface area contributed by atoms with Crippen LogP contribution in [-0.4, -0.2) is 49.3 Å². The number of hydrogen-bond acceptors (Lipinski definition) is 6. The second kappa shape index (κ2) is 9.01. The first-order valence-corrected chi connectivity index (χ1v) is 9.29. The maximum Gasteiger partial charge on any atom is 0.255 e. The third kappa shape index (κ3) is 5.97. The van der Waals surface area contributed by atoms with Crippen molar-refractivity contribution in [3.8, 4) is 0 Å². The first-order valence-electron chi connectivity index (χ1n) is 7.85. The predicted molar refractivity (Wildman–Crippen MR) is 101 cm³/mol. The molecule has 0 unspecified atom stereocenters. The standard InChI is InChI=1S/C17H19N5O4S/c1-13(23)20-15-3-5-16(6-4-15)27(25,26)22(2)12-17(24)21-19-11-14-7-9-18-10-8-14/h3-11H,12H2,1-2H3,(H,20,23)(H,21,24)/b19-11-. The molecule has 0 saturated heterocycles. The van der Waals surface area contributed by atoms with Crippen LogP contribution in [0.3, 0.4) is 0 Å². The number of amides is 2. The van der Waals surface area contributed by atoms with Gasteiger partial charge in [-0.2, -0.15) is 9.41 Å². The van der Waals surface area contributed by atoms with Gasteiger partial charge in [0.1, 0.15) is 0 Å². The lowest BCUT2D eigenvalue weighted by Crippen LogP contribution is -2.36. The molecule has 9 nitrogen and oxygen atoms in total. The Kier molecular flexibility index (Phi) is 6.74. The van der Waals surface area contributed by atoms with Crippen LogP contribution in [0.4, 0.5) is 5.69 Å². The van der Waals surface area contributed by atoms with Crippen LogP contribution >= 0.6 is 0 Å². The molecule has 10 heteroatoms. The highest BCUT2D eigenvalue weighted by atomic mass is 32.2. The largest absolute Gasteiger partial charge is 0.326 e. The maximum atomic E-state index is 12.5. The second-order valence-corrected chi connectivity index (χ2v) is 7.59. The molecule has 2 aromatic rings. The van der Waals surface area contributed by atoms with E-state index in [1.54, 1.807) is 24.5 Å². The van der Waals surface area contributed by atoms with Gasteiger partial charge in [0.05, 0.1) is 17.7 Å². The van der Waals surface area contributed by atoms with Gasteiger partial charge in [0.15, 0.2) is 0 Å². The van der Waals surface area contributed by atoms with Gasteiger partial charge in [-0.05, 0) is 42.0 Å². The average Bonchev–Trinajstić information content (AvgIpc) is 2.62. The topological polar surface area (TPSA) is 121 Å². The molecule has 2 rings (SSSR count). The smallest absolute Gasteiger partial charge is 0.255 e. The summed E-state index contributed by atoms with van der Waals surface area (Å²) in [4.78, 5) is 26.8. The van der Waals surface area contributed by atoms with Crippen LogP contribution in [-0.2, 0) is 19.6 Å². The summed E-state index contributed by atoms with van der Waals surface area (Å²) in [5, 5.41) is 6.32. The highest BCUT2D eigenvalue weighted by Gasteiger charge is 2.22. The molecule has 2 amide bonds. The van der Waals surface area contributed by atoms with Crippen molar-refractivity contribution in [1.82, 2.24) is 14.7 Å². The number of nitrogens with one attached hydrogen (secondary N) is 2. The summed E-state index contributed by atoms with van der Waals surface area (Å²) in [6.07, 6.45) is 4.59. The van der Waals surface area contributed by atoms with Crippen molar-refractivity contribution >= 4 is 33.7 Å². The van der Waals surface area contributed by atoms with E-state index in [0.717, 1.165) is 9.87 Å². The molecule has 27 heavy (non-hydrogen) atoms. The Labute approximate surface area is 157 Å². The predicted octanol–water partition coefficient (Wildman–Crippen LogP) is 0.811. The molecule has 0 aliphatic rings. The van der Waals surface area contributed by atoms with Crippen LogP contribution in [0.5, 0.6) is 0 Å². The summed E-state index contributed by atoms with van der Waals surface area (Å²) in [5.74, 6) is -0.840. The fourth-order valence-electron chi connectivity index (χ4n) is 2.04. The van der Waals surface area contributed by atoms with Crippen molar-refractivity contribution < 1.29 is 18.0 Å². The van der Waals surface area contributed by atoms with E-state index >= 15 is 0 Å². The average molecular weight is 389 g/mol. The highest BCUT2D eigenvalue weighted by molar-refractivity contribution is 7.89. The molecule has 0 fully saturated rings. The third-order valence-corrected chi connectivity index (χ3v) is 5.18. The zero-order valence-corrected chi connectivity index (χ0v) is 15.6. The number of hydrazone groups is 1. The van der Waals surface area contributed by atoms with E-state index in [-0.39, 0.29) is 10.8 Å². The lowest BCUT2D eigenvalue weighted by atomic mass is 10.3. The van der Waals surface area contributed by atoms with E-state index in [0.29, 0.717) is 5.69 Å². The molecule has 1 aromatic heterocycles. The minimum atomic E-state index is -3.86. The van der Waals surface area contributed by atoms with E-state index in [4.69, 9.17) is 0 Å². The van der Waals surface area contributed by atoms with Crippen molar-refractivity contribution in [2.45, 2.75) is 11.8 Å². The molecule has 0 bridgehead atoms. The number of likely N-dealkylation sites (N-methyl/N-ethyl adjacent to an activating group) is 1. The van der Waals surface area contributed by atoms with Crippen LogP contribution in [0.15, 0.2) is 58.8 Å².